The molecule has 0 aromatic heterocycles. The minimum atomic E-state index is -1.14. The molecule has 0 fully saturated rings. The van der Waals surface area contributed by atoms with Gasteiger partial charge < -0.3 is 4.90 Å². The highest BCUT2D eigenvalue weighted by atomic mass is 32.2. The van der Waals surface area contributed by atoms with Gasteiger partial charge in [0.25, 0.3) is 0 Å². The number of benzene rings is 1. The van der Waals surface area contributed by atoms with E-state index in [9.17, 15) is 9.47 Å². The zero-order chi connectivity index (χ0) is 20.6. The SMILES string of the molecule is CSC(=NC#N)N(CC#N)c1cc(SC(C)(C)C)cc(S(=O)CC(C)C)c1. The highest BCUT2D eigenvalue weighted by Gasteiger charge is 2.19. The Bertz CT molecular complexity index is 786. The van der Waals surface area contributed by atoms with E-state index in [2.05, 4.69) is 31.8 Å². The maximum Gasteiger partial charge on any atom is 0.208 e. The molecule has 0 aliphatic carbocycles. The van der Waals surface area contributed by atoms with E-state index in [0.29, 0.717) is 16.8 Å². The summed E-state index contributed by atoms with van der Waals surface area (Å²) in [4.78, 5) is 7.24. The molecule has 27 heavy (non-hydrogen) atoms. The first-order chi connectivity index (χ1) is 12.6. The molecule has 0 saturated heterocycles. The fourth-order valence-corrected chi connectivity index (χ4v) is 5.23. The van der Waals surface area contributed by atoms with Crippen LogP contribution in [0.5, 0.6) is 0 Å². The molecule has 0 radical (unpaired) electrons. The maximum absolute atomic E-state index is 12.8. The molecule has 1 aromatic carbocycles. The molecule has 0 bridgehead atoms. The molecule has 1 aromatic rings. The van der Waals surface area contributed by atoms with Crippen molar-refractivity contribution in [2.75, 3.05) is 23.5 Å². The van der Waals surface area contributed by atoms with Crippen molar-refractivity contribution >= 4 is 45.2 Å². The number of hydrogen-bond donors (Lipinski definition) is 0. The van der Waals surface area contributed by atoms with E-state index in [1.54, 1.807) is 22.9 Å². The second-order valence-corrected chi connectivity index (χ2v) is 11.4. The Morgan fingerprint density at radius 3 is 2.44 bits per heavy atom. The fourth-order valence-electron chi connectivity index (χ4n) is 2.25. The fraction of sp³-hybridized carbons (Fsp3) is 0.526. The minimum Gasteiger partial charge on any atom is -0.306 e. The van der Waals surface area contributed by atoms with Crippen molar-refractivity contribution in [1.82, 2.24) is 0 Å². The summed E-state index contributed by atoms with van der Waals surface area (Å²) < 4.78 is 12.8. The number of hydrogen-bond acceptors (Lipinski definition) is 6. The number of anilines is 1. The third-order valence-corrected chi connectivity index (χ3v) is 6.63. The second-order valence-electron chi connectivity index (χ2n) is 7.23. The largest absolute Gasteiger partial charge is 0.306 e. The van der Waals surface area contributed by atoms with E-state index in [1.165, 1.54) is 11.8 Å². The third-order valence-electron chi connectivity index (χ3n) is 3.14. The molecular formula is C19H26N4OS3. The van der Waals surface area contributed by atoms with Gasteiger partial charge in [-0.3, -0.25) is 4.21 Å². The third kappa shape index (κ3) is 7.96. The molecular weight excluding hydrogens is 396 g/mol. The van der Waals surface area contributed by atoms with Gasteiger partial charge in [0, 0.05) is 26.0 Å². The monoisotopic (exact) mass is 422 g/mol. The van der Waals surface area contributed by atoms with E-state index in [-0.39, 0.29) is 11.3 Å². The summed E-state index contributed by atoms with van der Waals surface area (Å²) in [5.74, 6) is 0.883. The molecule has 1 atom stereocenters. The van der Waals surface area contributed by atoms with Gasteiger partial charge in [-0.15, -0.1) is 16.8 Å². The lowest BCUT2D eigenvalue weighted by atomic mass is 10.2. The quantitative estimate of drug-likeness (QED) is 0.214. The Morgan fingerprint density at radius 1 is 1.30 bits per heavy atom. The van der Waals surface area contributed by atoms with Crippen LogP contribution >= 0.6 is 23.5 Å². The smallest absolute Gasteiger partial charge is 0.208 e. The number of nitriles is 2. The average molecular weight is 423 g/mol. The Kier molecular flexibility index (Phi) is 9.38. The van der Waals surface area contributed by atoms with Crippen LogP contribution < -0.4 is 4.90 Å². The molecule has 1 unspecified atom stereocenters. The summed E-state index contributed by atoms with van der Waals surface area (Å²) in [5.41, 5.74) is 0.723. The van der Waals surface area contributed by atoms with Crippen LogP contribution in [0, 0.1) is 28.7 Å². The predicted molar refractivity (Wildman–Crippen MR) is 118 cm³/mol. The summed E-state index contributed by atoms with van der Waals surface area (Å²) in [6, 6.07) is 7.89. The van der Waals surface area contributed by atoms with Crippen molar-refractivity contribution in [2.24, 2.45) is 10.9 Å². The van der Waals surface area contributed by atoms with Gasteiger partial charge >= 0.3 is 0 Å². The van der Waals surface area contributed by atoms with Crippen molar-refractivity contribution < 1.29 is 4.21 Å². The van der Waals surface area contributed by atoms with Crippen LogP contribution in [0.3, 0.4) is 0 Å². The zero-order valence-corrected chi connectivity index (χ0v) is 19.1. The van der Waals surface area contributed by atoms with Crippen molar-refractivity contribution in [2.45, 2.75) is 49.2 Å². The van der Waals surface area contributed by atoms with Crippen molar-refractivity contribution in [3.63, 3.8) is 0 Å². The van der Waals surface area contributed by atoms with Crippen LogP contribution in [0.2, 0.25) is 0 Å². The van der Waals surface area contributed by atoms with E-state index < -0.39 is 10.8 Å². The van der Waals surface area contributed by atoms with Gasteiger partial charge in [0.15, 0.2) is 5.17 Å². The summed E-state index contributed by atoms with van der Waals surface area (Å²) >= 11 is 2.98. The van der Waals surface area contributed by atoms with Crippen LogP contribution in [-0.4, -0.2) is 32.7 Å². The van der Waals surface area contributed by atoms with Gasteiger partial charge in [-0.05, 0) is 30.4 Å². The van der Waals surface area contributed by atoms with Gasteiger partial charge in [-0.1, -0.05) is 46.4 Å². The number of thioether (sulfide) groups is 2. The Labute approximate surface area is 173 Å². The lowest BCUT2D eigenvalue weighted by molar-refractivity contribution is 0.664. The molecule has 0 saturated carbocycles. The average Bonchev–Trinajstić information content (AvgIpc) is 2.55. The molecule has 0 aliphatic rings. The zero-order valence-electron chi connectivity index (χ0n) is 16.6. The van der Waals surface area contributed by atoms with Gasteiger partial charge in [0.05, 0.1) is 16.9 Å². The lowest BCUT2D eigenvalue weighted by Gasteiger charge is -2.24. The Balaban J connectivity index is 3.51. The second kappa shape index (κ2) is 10.8. The minimum absolute atomic E-state index is 0.0153. The molecule has 0 N–H and O–H groups in total. The van der Waals surface area contributed by atoms with Crippen molar-refractivity contribution in [1.29, 1.82) is 10.5 Å². The first-order valence-corrected chi connectivity index (χ1v) is 11.8. The number of amidine groups is 1. The summed E-state index contributed by atoms with van der Waals surface area (Å²) in [6.45, 7) is 10.5. The van der Waals surface area contributed by atoms with E-state index >= 15 is 0 Å². The van der Waals surface area contributed by atoms with Crippen molar-refractivity contribution in [3.8, 4) is 12.3 Å². The van der Waals surface area contributed by atoms with Crippen LogP contribution in [-0.2, 0) is 10.8 Å². The summed E-state index contributed by atoms with van der Waals surface area (Å²) in [7, 11) is -1.14. The van der Waals surface area contributed by atoms with Gasteiger partial charge in [-0.2, -0.15) is 10.5 Å². The van der Waals surface area contributed by atoms with Crippen LogP contribution in [0.25, 0.3) is 0 Å². The van der Waals surface area contributed by atoms with Crippen LogP contribution in [0.4, 0.5) is 5.69 Å². The Hall–Kier alpha value is -1.48. The van der Waals surface area contributed by atoms with Crippen LogP contribution in [0.1, 0.15) is 34.6 Å². The number of rotatable bonds is 6. The molecule has 146 valence electrons. The molecule has 1 rings (SSSR count). The van der Waals surface area contributed by atoms with E-state index in [1.807, 2.05) is 38.3 Å². The van der Waals surface area contributed by atoms with Crippen LogP contribution in [0.15, 0.2) is 33.0 Å². The summed E-state index contributed by atoms with van der Waals surface area (Å²) in [5, 5.41) is 18.7. The summed E-state index contributed by atoms with van der Waals surface area (Å²) in [6.07, 6.45) is 3.61. The number of nitrogens with zero attached hydrogens (tertiary/aromatic N) is 4. The first kappa shape index (κ1) is 23.6. The topological polar surface area (TPSA) is 80.2 Å². The standard InChI is InChI=1S/C19H26N4OS3/c1-14(2)12-27(24)17-10-15(9-16(11-17)26-19(3,4)5)23(8-7-20)18(25-6)22-13-21/h9-11,14H,8,12H2,1-6H3. The first-order valence-electron chi connectivity index (χ1n) is 8.49. The van der Waals surface area contributed by atoms with E-state index in [0.717, 1.165) is 15.5 Å². The maximum atomic E-state index is 12.8. The molecule has 0 heterocycles. The highest BCUT2D eigenvalue weighted by molar-refractivity contribution is 8.13. The molecule has 0 spiro atoms. The highest BCUT2D eigenvalue weighted by Crippen LogP contribution is 2.36. The molecule has 5 nitrogen and oxygen atoms in total. The molecule has 0 aliphatic heterocycles. The lowest BCUT2D eigenvalue weighted by Crippen LogP contribution is -2.29. The van der Waals surface area contributed by atoms with Crippen molar-refractivity contribution in [3.05, 3.63) is 18.2 Å². The Morgan fingerprint density at radius 2 is 1.96 bits per heavy atom. The van der Waals surface area contributed by atoms with Gasteiger partial charge in [0.2, 0.25) is 6.19 Å². The predicted octanol–water partition coefficient (Wildman–Crippen LogP) is 4.87. The number of aliphatic imine (C=N–C) groups is 1. The normalized spacial score (nSPS) is 13.1. The van der Waals surface area contributed by atoms with E-state index in [4.69, 9.17) is 5.26 Å². The van der Waals surface area contributed by atoms with Gasteiger partial charge in [-0.25, -0.2) is 0 Å². The molecule has 0 amide bonds. The molecule has 8 heteroatoms. The van der Waals surface area contributed by atoms with Gasteiger partial charge in [0.1, 0.15) is 6.54 Å².